The zero-order valence-electron chi connectivity index (χ0n) is 11.3. The Morgan fingerprint density at radius 3 is 2.55 bits per heavy atom. The molecule has 5 nitrogen and oxygen atoms in total. The van der Waals surface area contributed by atoms with Crippen molar-refractivity contribution < 1.29 is 13.3 Å². The van der Waals surface area contributed by atoms with Crippen LogP contribution in [0.1, 0.15) is 23.3 Å². The number of hydrogen-bond acceptors (Lipinski definition) is 5. The summed E-state index contributed by atoms with van der Waals surface area (Å²) in [5.74, 6) is -0.812. The van der Waals surface area contributed by atoms with Gasteiger partial charge in [0, 0.05) is 12.1 Å². The van der Waals surface area contributed by atoms with E-state index < -0.39 is 17.7 Å². The first-order valence-corrected chi connectivity index (χ1v) is 6.13. The lowest BCUT2D eigenvalue weighted by molar-refractivity contribution is 0.347. The van der Waals surface area contributed by atoms with Crippen molar-refractivity contribution in [2.24, 2.45) is 5.73 Å². The van der Waals surface area contributed by atoms with Gasteiger partial charge in [-0.1, -0.05) is 11.2 Å². The fraction of sp³-hybridized carbons (Fsp3) is 0.385. The standard InChI is InChI=1S/C13H16F2N4O/c1-19(2)7-11(16)13-17-12(20-18-13)6-8-9(14)4-3-5-10(8)15/h3-5,11H,6-7,16H2,1-2H3. The fourth-order valence-corrected chi connectivity index (χ4v) is 1.82. The monoisotopic (exact) mass is 282 g/mol. The van der Waals surface area contributed by atoms with Gasteiger partial charge in [0.05, 0.1) is 12.5 Å². The lowest BCUT2D eigenvalue weighted by Crippen LogP contribution is -2.26. The van der Waals surface area contributed by atoms with Gasteiger partial charge in [-0.25, -0.2) is 8.78 Å². The average molecular weight is 282 g/mol. The Morgan fingerprint density at radius 1 is 1.30 bits per heavy atom. The van der Waals surface area contributed by atoms with Crippen molar-refractivity contribution in [3.8, 4) is 0 Å². The first-order valence-electron chi connectivity index (χ1n) is 6.13. The number of benzene rings is 1. The molecule has 0 aliphatic heterocycles. The fourth-order valence-electron chi connectivity index (χ4n) is 1.82. The molecular formula is C13H16F2N4O. The summed E-state index contributed by atoms with van der Waals surface area (Å²) in [5, 5.41) is 3.74. The second-order valence-corrected chi connectivity index (χ2v) is 4.79. The van der Waals surface area contributed by atoms with Gasteiger partial charge in [0.1, 0.15) is 11.6 Å². The van der Waals surface area contributed by atoms with Gasteiger partial charge in [0.25, 0.3) is 0 Å². The van der Waals surface area contributed by atoms with E-state index in [0.29, 0.717) is 12.4 Å². The first-order chi connectivity index (χ1) is 9.47. The quantitative estimate of drug-likeness (QED) is 0.900. The molecule has 7 heteroatoms. The summed E-state index contributed by atoms with van der Waals surface area (Å²) in [6.45, 7) is 0.549. The molecular weight excluding hydrogens is 266 g/mol. The minimum atomic E-state index is -0.637. The Balaban J connectivity index is 2.14. The van der Waals surface area contributed by atoms with Crippen molar-refractivity contribution in [3.05, 3.63) is 47.1 Å². The average Bonchev–Trinajstić information content (AvgIpc) is 2.82. The van der Waals surface area contributed by atoms with Gasteiger partial charge in [0.2, 0.25) is 5.89 Å². The topological polar surface area (TPSA) is 68.2 Å². The van der Waals surface area contributed by atoms with Crippen molar-refractivity contribution >= 4 is 0 Å². The maximum Gasteiger partial charge on any atom is 0.231 e. The molecule has 0 saturated heterocycles. The van der Waals surface area contributed by atoms with Gasteiger partial charge >= 0.3 is 0 Å². The number of halogens is 2. The van der Waals surface area contributed by atoms with Crippen molar-refractivity contribution in [1.29, 1.82) is 0 Å². The highest BCUT2D eigenvalue weighted by atomic mass is 19.1. The lowest BCUT2D eigenvalue weighted by Gasteiger charge is -2.12. The molecule has 0 saturated carbocycles. The van der Waals surface area contributed by atoms with Gasteiger partial charge in [-0.3, -0.25) is 0 Å². The van der Waals surface area contributed by atoms with Gasteiger partial charge in [0.15, 0.2) is 5.82 Å². The third kappa shape index (κ3) is 3.37. The van der Waals surface area contributed by atoms with E-state index in [0.717, 1.165) is 0 Å². The number of likely N-dealkylation sites (N-methyl/N-ethyl adjacent to an activating group) is 1. The Hall–Kier alpha value is -1.86. The van der Waals surface area contributed by atoms with Gasteiger partial charge < -0.3 is 15.2 Å². The van der Waals surface area contributed by atoms with Crippen LogP contribution in [0.3, 0.4) is 0 Å². The molecule has 2 aromatic rings. The van der Waals surface area contributed by atoms with Crippen LogP contribution >= 0.6 is 0 Å². The first kappa shape index (κ1) is 14.5. The normalized spacial score (nSPS) is 12.9. The lowest BCUT2D eigenvalue weighted by atomic mass is 10.1. The van der Waals surface area contributed by atoms with Gasteiger partial charge in [-0.05, 0) is 26.2 Å². The van der Waals surface area contributed by atoms with Crippen molar-refractivity contribution in [1.82, 2.24) is 15.0 Å². The molecule has 0 aliphatic rings. The number of rotatable bonds is 5. The smallest absolute Gasteiger partial charge is 0.231 e. The van der Waals surface area contributed by atoms with Crippen molar-refractivity contribution in [3.63, 3.8) is 0 Å². The molecule has 1 unspecified atom stereocenters. The summed E-state index contributed by atoms with van der Waals surface area (Å²) in [7, 11) is 3.74. The predicted molar refractivity (Wildman–Crippen MR) is 68.9 cm³/mol. The molecule has 0 amide bonds. The second kappa shape index (κ2) is 6.06. The van der Waals surface area contributed by atoms with Crippen molar-refractivity contribution in [2.45, 2.75) is 12.5 Å². The van der Waals surface area contributed by atoms with Crippen LogP contribution in [0, 0.1) is 11.6 Å². The second-order valence-electron chi connectivity index (χ2n) is 4.79. The molecule has 1 heterocycles. The van der Waals surface area contributed by atoms with Gasteiger partial charge in [-0.2, -0.15) is 4.98 Å². The third-order valence-corrected chi connectivity index (χ3v) is 2.77. The Morgan fingerprint density at radius 2 is 1.95 bits per heavy atom. The van der Waals surface area contributed by atoms with E-state index in [2.05, 4.69) is 10.1 Å². The van der Waals surface area contributed by atoms with Crippen LogP contribution in [0.15, 0.2) is 22.7 Å². The highest BCUT2D eigenvalue weighted by Crippen LogP contribution is 2.17. The molecule has 0 aliphatic carbocycles. The number of nitrogens with zero attached hydrogens (tertiary/aromatic N) is 3. The van der Waals surface area contributed by atoms with Crippen LogP contribution in [0.5, 0.6) is 0 Å². The SMILES string of the molecule is CN(C)CC(N)c1noc(Cc2c(F)cccc2F)n1. The molecule has 0 radical (unpaired) electrons. The molecule has 0 spiro atoms. The van der Waals surface area contributed by atoms with E-state index in [4.69, 9.17) is 10.3 Å². The molecule has 2 rings (SSSR count). The maximum atomic E-state index is 13.5. The molecule has 1 aromatic carbocycles. The summed E-state index contributed by atoms with van der Waals surface area (Å²) < 4.78 is 32.0. The molecule has 1 aromatic heterocycles. The Labute approximate surface area is 115 Å². The zero-order chi connectivity index (χ0) is 14.7. The summed E-state index contributed by atoms with van der Waals surface area (Å²) in [5.41, 5.74) is 5.79. The van der Waals surface area contributed by atoms with E-state index in [1.807, 2.05) is 19.0 Å². The largest absolute Gasteiger partial charge is 0.339 e. The highest BCUT2D eigenvalue weighted by Gasteiger charge is 2.17. The molecule has 20 heavy (non-hydrogen) atoms. The number of nitrogens with two attached hydrogens (primary N) is 1. The van der Waals surface area contributed by atoms with Crippen LogP contribution in [0.25, 0.3) is 0 Å². The van der Waals surface area contributed by atoms with Crippen LogP contribution in [0.4, 0.5) is 8.78 Å². The molecule has 108 valence electrons. The minimum absolute atomic E-state index is 0.0936. The van der Waals surface area contributed by atoms with Crippen LogP contribution in [0.2, 0.25) is 0 Å². The third-order valence-electron chi connectivity index (χ3n) is 2.77. The maximum absolute atomic E-state index is 13.5. The number of aromatic nitrogens is 2. The van der Waals surface area contributed by atoms with Crippen molar-refractivity contribution in [2.75, 3.05) is 20.6 Å². The minimum Gasteiger partial charge on any atom is -0.339 e. The Bertz CT molecular complexity index is 565. The van der Waals surface area contributed by atoms with E-state index >= 15 is 0 Å². The van der Waals surface area contributed by atoms with E-state index in [1.165, 1.54) is 18.2 Å². The van der Waals surface area contributed by atoms with E-state index in [9.17, 15) is 8.78 Å². The highest BCUT2D eigenvalue weighted by molar-refractivity contribution is 5.22. The van der Waals surface area contributed by atoms with E-state index in [1.54, 1.807) is 0 Å². The molecule has 0 bridgehead atoms. The van der Waals surface area contributed by atoms with Crippen LogP contribution in [-0.2, 0) is 6.42 Å². The van der Waals surface area contributed by atoms with Gasteiger partial charge in [-0.15, -0.1) is 0 Å². The summed E-state index contributed by atoms with van der Waals surface area (Å²) in [6.07, 6.45) is -0.0970. The van der Waals surface area contributed by atoms with Crippen LogP contribution in [-0.4, -0.2) is 35.7 Å². The molecule has 1 atom stereocenters. The molecule has 0 fully saturated rings. The number of hydrogen-bond donors (Lipinski definition) is 1. The zero-order valence-corrected chi connectivity index (χ0v) is 11.3. The summed E-state index contributed by atoms with van der Waals surface area (Å²) in [4.78, 5) is 5.96. The van der Waals surface area contributed by atoms with E-state index in [-0.39, 0.29) is 17.9 Å². The summed E-state index contributed by atoms with van der Waals surface area (Å²) >= 11 is 0. The predicted octanol–water partition coefficient (Wildman–Crippen LogP) is 1.50. The van der Waals surface area contributed by atoms with Crippen LogP contribution < -0.4 is 5.73 Å². The molecule has 2 N–H and O–H groups in total. The Kier molecular flexibility index (Phi) is 4.41. The summed E-state index contributed by atoms with van der Waals surface area (Å²) in [6, 6.07) is 3.27.